The van der Waals surface area contributed by atoms with Gasteiger partial charge < -0.3 is 9.47 Å². The molecule has 3 heterocycles. The third kappa shape index (κ3) is 5.07. The Hall–Kier alpha value is -1.35. The molecule has 0 bridgehead atoms. The quantitative estimate of drug-likeness (QED) is 0.714. The molecular weight excluding hydrogens is 338 g/mol. The second-order valence-electron chi connectivity index (χ2n) is 6.81. The van der Waals surface area contributed by atoms with Crippen LogP contribution in [0.3, 0.4) is 0 Å². The van der Waals surface area contributed by atoms with Gasteiger partial charge in [-0.2, -0.15) is 0 Å². The fourth-order valence-electron chi connectivity index (χ4n) is 3.02. The van der Waals surface area contributed by atoms with Crippen molar-refractivity contribution < 1.29 is 9.47 Å². The van der Waals surface area contributed by atoms with Crippen molar-refractivity contribution in [2.45, 2.75) is 39.5 Å². The summed E-state index contributed by atoms with van der Waals surface area (Å²) >= 11 is 1.92. The number of nitrogens with zero attached hydrogens (tertiary/aromatic N) is 5. The van der Waals surface area contributed by atoms with E-state index in [4.69, 9.17) is 9.47 Å². The average Bonchev–Trinajstić information content (AvgIpc) is 3.22. The molecule has 1 aliphatic rings. The minimum atomic E-state index is -0.0873. The highest BCUT2D eigenvalue weighted by Crippen LogP contribution is 2.25. The molecule has 3 rings (SSSR count). The molecule has 2 aromatic rings. The SMILES string of the molecule is COCCn1nnnc1[C@H]1CN(Cc2ccc(CC(C)C)s2)CCO1. The van der Waals surface area contributed by atoms with Gasteiger partial charge in [0.2, 0.25) is 0 Å². The maximum atomic E-state index is 5.93. The van der Waals surface area contributed by atoms with E-state index in [1.54, 1.807) is 11.8 Å². The first-order chi connectivity index (χ1) is 12.2. The van der Waals surface area contributed by atoms with E-state index in [0.29, 0.717) is 25.7 Å². The number of ether oxygens (including phenoxy) is 2. The standard InChI is InChI=1S/C17H27N5O2S/c1-13(2)10-14-4-5-15(25-14)11-21-6-9-24-16(12-21)17-18-19-20-22(17)7-8-23-3/h4-5,13,16H,6-12H2,1-3H3/t16-/m1/s1. The van der Waals surface area contributed by atoms with Crippen LogP contribution in [0.15, 0.2) is 12.1 Å². The smallest absolute Gasteiger partial charge is 0.181 e. The molecule has 138 valence electrons. The largest absolute Gasteiger partial charge is 0.383 e. The van der Waals surface area contributed by atoms with Crippen molar-refractivity contribution >= 4 is 11.3 Å². The lowest BCUT2D eigenvalue weighted by atomic mass is 10.1. The Bertz CT molecular complexity index is 657. The fourth-order valence-corrected chi connectivity index (χ4v) is 4.29. The van der Waals surface area contributed by atoms with E-state index >= 15 is 0 Å². The van der Waals surface area contributed by atoms with Gasteiger partial charge in [-0.15, -0.1) is 16.4 Å². The van der Waals surface area contributed by atoms with Gasteiger partial charge in [0.15, 0.2) is 5.82 Å². The van der Waals surface area contributed by atoms with Gasteiger partial charge in [-0.3, -0.25) is 4.90 Å². The monoisotopic (exact) mass is 365 g/mol. The number of morpholine rings is 1. The lowest BCUT2D eigenvalue weighted by Crippen LogP contribution is -2.38. The molecule has 1 aliphatic heterocycles. The number of thiophene rings is 1. The normalized spacial score (nSPS) is 19.0. The number of hydrogen-bond acceptors (Lipinski definition) is 7. The van der Waals surface area contributed by atoms with Gasteiger partial charge in [-0.05, 0) is 34.9 Å². The summed E-state index contributed by atoms with van der Waals surface area (Å²) in [7, 11) is 1.68. The van der Waals surface area contributed by atoms with E-state index in [1.165, 1.54) is 9.75 Å². The third-order valence-corrected chi connectivity index (χ3v) is 5.30. The molecule has 0 aromatic carbocycles. The first-order valence-electron chi connectivity index (χ1n) is 8.82. The highest BCUT2D eigenvalue weighted by atomic mass is 32.1. The van der Waals surface area contributed by atoms with Gasteiger partial charge in [0.05, 0.1) is 19.8 Å². The first kappa shape index (κ1) is 18.4. The number of tetrazole rings is 1. The van der Waals surface area contributed by atoms with E-state index in [1.807, 2.05) is 11.3 Å². The molecule has 1 fully saturated rings. The molecule has 0 N–H and O–H groups in total. The summed E-state index contributed by atoms with van der Waals surface area (Å²) < 4.78 is 12.8. The Morgan fingerprint density at radius 3 is 3.00 bits per heavy atom. The number of aromatic nitrogens is 4. The highest BCUT2D eigenvalue weighted by molar-refractivity contribution is 7.11. The van der Waals surface area contributed by atoms with Crippen molar-refractivity contribution in [2.24, 2.45) is 5.92 Å². The molecule has 1 atom stereocenters. The number of hydrogen-bond donors (Lipinski definition) is 0. The topological polar surface area (TPSA) is 65.3 Å². The molecule has 7 nitrogen and oxygen atoms in total. The van der Waals surface area contributed by atoms with Gasteiger partial charge >= 0.3 is 0 Å². The second kappa shape index (κ2) is 8.84. The van der Waals surface area contributed by atoms with Crippen molar-refractivity contribution in [3.63, 3.8) is 0 Å². The van der Waals surface area contributed by atoms with Gasteiger partial charge in [0, 0.05) is 36.5 Å². The van der Waals surface area contributed by atoms with Crippen molar-refractivity contribution in [3.8, 4) is 0 Å². The summed E-state index contributed by atoms with van der Waals surface area (Å²) in [6.07, 6.45) is 1.07. The predicted molar refractivity (Wildman–Crippen MR) is 96.5 cm³/mol. The molecule has 2 aromatic heterocycles. The number of rotatable bonds is 8. The molecule has 0 aliphatic carbocycles. The molecule has 0 unspecified atom stereocenters. The summed E-state index contributed by atoms with van der Waals surface area (Å²) in [6.45, 7) is 9.16. The van der Waals surface area contributed by atoms with E-state index in [-0.39, 0.29) is 6.10 Å². The van der Waals surface area contributed by atoms with Gasteiger partial charge in [0.25, 0.3) is 0 Å². The van der Waals surface area contributed by atoms with Crippen LogP contribution in [0.25, 0.3) is 0 Å². The van der Waals surface area contributed by atoms with Crippen LogP contribution in [0.5, 0.6) is 0 Å². The van der Waals surface area contributed by atoms with Gasteiger partial charge in [-0.25, -0.2) is 4.68 Å². The summed E-state index contributed by atoms with van der Waals surface area (Å²) in [6, 6.07) is 4.53. The molecule has 0 radical (unpaired) electrons. The summed E-state index contributed by atoms with van der Waals surface area (Å²) in [5.74, 6) is 1.48. The Balaban J connectivity index is 1.59. The molecule has 25 heavy (non-hydrogen) atoms. The van der Waals surface area contributed by atoms with Crippen LogP contribution in [0.2, 0.25) is 0 Å². The van der Waals surface area contributed by atoms with Crippen molar-refractivity contribution in [1.29, 1.82) is 0 Å². The number of methoxy groups -OCH3 is 1. The van der Waals surface area contributed by atoms with Crippen LogP contribution >= 0.6 is 11.3 Å². The van der Waals surface area contributed by atoms with E-state index in [0.717, 1.165) is 31.9 Å². The van der Waals surface area contributed by atoms with Crippen molar-refractivity contribution in [3.05, 3.63) is 27.7 Å². The molecule has 8 heteroatoms. The maximum absolute atomic E-state index is 5.93. The third-order valence-electron chi connectivity index (χ3n) is 4.21. The van der Waals surface area contributed by atoms with Crippen molar-refractivity contribution in [2.75, 3.05) is 33.4 Å². The Morgan fingerprint density at radius 1 is 1.36 bits per heavy atom. The Morgan fingerprint density at radius 2 is 2.20 bits per heavy atom. The molecule has 1 saturated heterocycles. The maximum Gasteiger partial charge on any atom is 0.181 e. The van der Waals surface area contributed by atoms with Crippen LogP contribution in [0.4, 0.5) is 0 Å². The van der Waals surface area contributed by atoms with Crippen LogP contribution in [-0.4, -0.2) is 58.5 Å². The van der Waals surface area contributed by atoms with Crippen LogP contribution in [0.1, 0.15) is 35.5 Å². The molecule has 0 saturated carbocycles. The Kier molecular flexibility index (Phi) is 6.52. The highest BCUT2D eigenvalue weighted by Gasteiger charge is 2.27. The molecule has 0 spiro atoms. The zero-order valence-corrected chi connectivity index (χ0v) is 16.0. The molecule has 0 amide bonds. The fraction of sp³-hybridized carbons (Fsp3) is 0.706. The minimum Gasteiger partial charge on any atom is -0.383 e. The second-order valence-corrected chi connectivity index (χ2v) is 8.07. The minimum absolute atomic E-state index is 0.0873. The van der Waals surface area contributed by atoms with Crippen LogP contribution in [0, 0.1) is 5.92 Å². The zero-order valence-electron chi connectivity index (χ0n) is 15.2. The van der Waals surface area contributed by atoms with Gasteiger partial charge in [0.1, 0.15) is 6.10 Å². The first-order valence-corrected chi connectivity index (χ1v) is 9.64. The summed E-state index contributed by atoms with van der Waals surface area (Å²) in [5, 5.41) is 12.0. The summed E-state index contributed by atoms with van der Waals surface area (Å²) in [4.78, 5) is 5.31. The lowest BCUT2D eigenvalue weighted by molar-refractivity contribution is -0.0393. The average molecular weight is 366 g/mol. The summed E-state index contributed by atoms with van der Waals surface area (Å²) in [5.41, 5.74) is 0. The predicted octanol–water partition coefficient (Wildman–Crippen LogP) is 2.15. The van der Waals surface area contributed by atoms with E-state index in [9.17, 15) is 0 Å². The van der Waals surface area contributed by atoms with E-state index in [2.05, 4.69) is 46.4 Å². The van der Waals surface area contributed by atoms with Crippen LogP contribution in [-0.2, 0) is 29.0 Å². The van der Waals surface area contributed by atoms with Gasteiger partial charge in [-0.1, -0.05) is 13.8 Å². The lowest BCUT2D eigenvalue weighted by Gasteiger charge is -2.31. The van der Waals surface area contributed by atoms with Crippen LogP contribution < -0.4 is 0 Å². The molecular formula is C17H27N5O2S. The Labute approximate surface area is 152 Å². The van der Waals surface area contributed by atoms with Crippen molar-refractivity contribution in [1.82, 2.24) is 25.1 Å². The zero-order chi connectivity index (χ0) is 17.6. The van der Waals surface area contributed by atoms with E-state index < -0.39 is 0 Å².